The molecule has 2 rings (SSSR count). The van der Waals surface area contributed by atoms with Gasteiger partial charge in [0.15, 0.2) is 0 Å². The number of carbonyl (C=O) groups is 3. The van der Waals surface area contributed by atoms with Crippen LogP contribution < -0.4 is 10.6 Å². The van der Waals surface area contributed by atoms with E-state index < -0.39 is 6.03 Å². The van der Waals surface area contributed by atoms with Gasteiger partial charge in [0, 0.05) is 24.9 Å². The number of amides is 4. The molecule has 0 saturated carbocycles. The average Bonchev–Trinajstić information content (AvgIpc) is 2.51. The molecule has 2 N–H and O–H groups in total. The predicted molar refractivity (Wildman–Crippen MR) is 92.2 cm³/mol. The monoisotopic (exact) mass is 371 g/mol. The Labute approximate surface area is 150 Å². The number of urea groups is 1. The molecular formula is C16H19Cl2N3O3. The third kappa shape index (κ3) is 4.61. The van der Waals surface area contributed by atoms with Gasteiger partial charge in [0.25, 0.3) is 0 Å². The van der Waals surface area contributed by atoms with Crippen LogP contribution in [0.2, 0.25) is 10.0 Å². The third-order valence-corrected chi connectivity index (χ3v) is 4.64. The van der Waals surface area contributed by atoms with E-state index in [9.17, 15) is 14.4 Å². The first kappa shape index (κ1) is 18.5. The fraction of sp³-hybridized carbons (Fsp3) is 0.438. The first-order valence-corrected chi connectivity index (χ1v) is 8.25. The van der Waals surface area contributed by atoms with Gasteiger partial charge in [-0.2, -0.15) is 0 Å². The van der Waals surface area contributed by atoms with Crippen molar-refractivity contribution in [1.82, 2.24) is 15.5 Å². The van der Waals surface area contributed by atoms with Gasteiger partial charge in [-0.3, -0.25) is 14.9 Å². The molecule has 6 nitrogen and oxygen atoms in total. The van der Waals surface area contributed by atoms with Crippen LogP contribution >= 0.6 is 23.2 Å². The Hall–Kier alpha value is -1.79. The van der Waals surface area contributed by atoms with Crippen molar-refractivity contribution >= 4 is 41.0 Å². The van der Waals surface area contributed by atoms with E-state index in [-0.39, 0.29) is 36.7 Å². The Morgan fingerprint density at radius 2 is 2.00 bits per heavy atom. The van der Waals surface area contributed by atoms with E-state index in [4.69, 9.17) is 23.2 Å². The van der Waals surface area contributed by atoms with Crippen LogP contribution in [-0.2, 0) is 15.0 Å². The Balaban J connectivity index is 1.91. The van der Waals surface area contributed by atoms with Crippen molar-refractivity contribution in [2.24, 2.45) is 0 Å². The zero-order valence-electron chi connectivity index (χ0n) is 13.5. The van der Waals surface area contributed by atoms with Gasteiger partial charge in [-0.25, -0.2) is 4.79 Å². The molecule has 0 aromatic heterocycles. The predicted octanol–water partition coefficient (Wildman–Crippen LogP) is 2.33. The summed E-state index contributed by atoms with van der Waals surface area (Å²) >= 11 is 12.0. The lowest BCUT2D eigenvalue weighted by atomic mass is 9.84. The van der Waals surface area contributed by atoms with Crippen LogP contribution in [0.3, 0.4) is 0 Å². The van der Waals surface area contributed by atoms with Crippen LogP contribution in [0.15, 0.2) is 18.2 Å². The van der Waals surface area contributed by atoms with Crippen molar-refractivity contribution in [2.45, 2.75) is 25.7 Å². The van der Waals surface area contributed by atoms with Gasteiger partial charge in [-0.1, -0.05) is 43.1 Å². The Kier molecular flexibility index (Phi) is 5.72. The van der Waals surface area contributed by atoms with Crippen LogP contribution in [0, 0.1) is 0 Å². The largest absolute Gasteiger partial charge is 0.354 e. The number of benzene rings is 1. The molecule has 1 heterocycles. The maximum atomic E-state index is 12.1. The zero-order chi connectivity index (χ0) is 17.9. The zero-order valence-corrected chi connectivity index (χ0v) is 15.0. The summed E-state index contributed by atoms with van der Waals surface area (Å²) in [6.07, 6.45) is 0.202. The lowest BCUT2D eigenvalue weighted by Gasteiger charge is -2.28. The molecule has 1 saturated heterocycles. The highest BCUT2D eigenvalue weighted by Crippen LogP contribution is 2.29. The van der Waals surface area contributed by atoms with Gasteiger partial charge >= 0.3 is 6.03 Å². The molecule has 0 spiro atoms. The highest BCUT2D eigenvalue weighted by Gasteiger charge is 2.26. The number of halogens is 2. The minimum absolute atomic E-state index is 0.0867. The van der Waals surface area contributed by atoms with Crippen molar-refractivity contribution in [1.29, 1.82) is 0 Å². The molecule has 0 radical (unpaired) electrons. The Bertz CT molecular complexity index is 677. The third-order valence-electron chi connectivity index (χ3n) is 3.91. The molecule has 24 heavy (non-hydrogen) atoms. The quantitative estimate of drug-likeness (QED) is 0.833. The Morgan fingerprint density at radius 3 is 2.62 bits per heavy atom. The maximum Gasteiger partial charge on any atom is 0.324 e. The first-order valence-electron chi connectivity index (χ1n) is 7.50. The normalized spacial score (nSPS) is 15.2. The van der Waals surface area contributed by atoms with Gasteiger partial charge in [0.2, 0.25) is 11.8 Å². The van der Waals surface area contributed by atoms with Gasteiger partial charge in [0.05, 0.1) is 10.0 Å². The van der Waals surface area contributed by atoms with Crippen LogP contribution in [0.5, 0.6) is 0 Å². The lowest BCUT2D eigenvalue weighted by molar-refractivity contribution is -0.125. The van der Waals surface area contributed by atoms with Crippen LogP contribution in [-0.4, -0.2) is 42.4 Å². The average molecular weight is 372 g/mol. The minimum atomic E-state index is -0.537. The molecule has 0 aliphatic carbocycles. The fourth-order valence-electron chi connectivity index (χ4n) is 2.32. The highest BCUT2D eigenvalue weighted by molar-refractivity contribution is 6.42. The van der Waals surface area contributed by atoms with Gasteiger partial charge < -0.3 is 10.2 Å². The molecule has 1 aromatic rings. The second-order valence-electron chi connectivity index (χ2n) is 6.31. The summed E-state index contributed by atoms with van der Waals surface area (Å²) in [7, 11) is 0. The summed E-state index contributed by atoms with van der Waals surface area (Å²) in [4.78, 5) is 36.1. The van der Waals surface area contributed by atoms with Gasteiger partial charge in [-0.05, 0) is 17.7 Å². The summed E-state index contributed by atoms with van der Waals surface area (Å²) in [5, 5.41) is 5.94. The van der Waals surface area contributed by atoms with Crippen molar-refractivity contribution in [3.05, 3.63) is 33.8 Å². The molecule has 8 heteroatoms. The van der Waals surface area contributed by atoms with E-state index in [1.165, 1.54) is 4.90 Å². The minimum Gasteiger partial charge on any atom is -0.354 e. The van der Waals surface area contributed by atoms with Gasteiger partial charge in [0.1, 0.15) is 6.54 Å². The number of rotatable bonds is 5. The molecule has 4 amide bonds. The highest BCUT2D eigenvalue weighted by atomic mass is 35.5. The maximum absolute atomic E-state index is 12.1. The summed E-state index contributed by atoms with van der Waals surface area (Å²) in [5.74, 6) is -0.606. The topological polar surface area (TPSA) is 78.5 Å². The smallest absolute Gasteiger partial charge is 0.324 e. The molecule has 1 fully saturated rings. The van der Waals surface area contributed by atoms with Gasteiger partial charge in [-0.15, -0.1) is 0 Å². The van der Waals surface area contributed by atoms with E-state index >= 15 is 0 Å². The van der Waals surface area contributed by atoms with E-state index in [1.54, 1.807) is 12.1 Å². The first-order chi connectivity index (χ1) is 11.2. The molecule has 0 atom stereocenters. The van der Waals surface area contributed by atoms with Crippen LogP contribution in [0.4, 0.5) is 4.79 Å². The molecular weight excluding hydrogens is 353 g/mol. The molecule has 1 aliphatic rings. The SMILES string of the molecule is CC(C)(CNC(=O)CN1CCC(=O)NC1=O)c1ccc(Cl)c(Cl)c1. The van der Waals surface area contributed by atoms with Crippen LogP contribution in [0.1, 0.15) is 25.8 Å². The number of hydrogen-bond acceptors (Lipinski definition) is 3. The van der Waals surface area contributed by atoms with E-state index in [2.05, 4.69) is 10.6 Å². The van der Waals surface area contributed by atoms with E-state index in [0.29, 0.717) is 16.6 Å². The number of carbonyl (C=O) groups excluding carboxylic acids is 3. The Morgan fingerprint density at radius 1 is 1.29 bits per heavy atom. The van der Waals surface area contributed by atoms with Crippen molar-refractivity contribution in [3.63, 3.8) is 0 Å². The fourth-order valence-corrected chi connectivity index (χ4v) is 2.62. The summed E-state index contributed by atoms with van der Waals surface area (Å²) < 4.78 is 0. The second kappa shape index (κ2) is 7.40. The van der Waals surface area contributed by atoms with Crippen molar-refractivity contribution < 1.29 is 14.4 Å². The molecule has 0 bridgehead atoms. The summed E-state index contributed by atoms with van der Waals surface area (Å²) in [6.45, 7) is 4.47. The summed E-state index contributed by atoms with van der Waals surface area (Å²) in [6, 6.07) is 4.83. The van der Waals surface area contributed by atoms with Crippen molar-refractivity contribution in [2.75, 3.05) is 19.6 Å². The van der Waals surface area contributed by atoms with E-state index in [0.717, 1.165) is 5.56 Å². The van der Waals surface area contributed by atoms with Crippen LogP contribution in [0.25, 0.3) is 0 Å². The number of imide groups is 1. The summed E-state index contributed by atoms with van der Waals surface area (Å²) in [5.41, 5.74) is 0.586. The number of nitrogens with one attached hydrogen (secondary N) is 2. The lowest BCUT2D eigenvalue weighted by Crippen LogP contribution is -2.53. The second-order valence-corrected chi connectivity index (χ2v) is 7.13. The molecule has 1 aliphatic heterocycles. The standard InChI is InChI=1S/C16H19Cl2N3O3/c1-16(2,10-3-4-11(17)12(18)7-10)9-19-14(23)8-21-6-5-13(22)20-15(21)24/h3-4,7H,5-6,8-9H2,1-2H3,(H,19,23)(H,20,22,24). The molecule has 130 valence electrons. The molecule has 0 unspecified atom stereocenters. The molecule has 1 aromatic carbocycles. The van der Waals surface area contributed by atoms with E-state index in [1.807, 2.05) is 19.9 Å². The number of nitrogens with zero attached hydrogens (tertiary/aromatic N) is 1. The van der Waals surface area contributed by atoms with Crippen molar-refractivity contribution in [3.8, 4) is 0 Å². The number of hydrogen-bond donors (Lipinski definition) is 2.